The summed E-state index contributed by atoms with van der Waals surface area (Å²) >= 11 is 0. The second-order valence-electron chi connectivity index (χ2n) is 7.71. The van der Waals surface area contributed by atoms with Crippen molar-refractivity contribution in [3.8, 4) is 0 Å². The van der Waals surface area contributed by atoms with Gasteiger partial charge in [-0.1, -0.05) is 0 Å². The van der Waals surface area contributed by atoms with E-state index in [2.05, 4.69) is 4.99 Å². The third-order valence-electron chi connectivity index (χ3n) is 4.71. The van der Waals surface area contributed by atoms with Crippen molar-refractivity contribution in [2.24, 2.45) is 10.7 Å². The Morgan fingerprint density at radius 2 is 1.77 bits per heavy atom. The van der Waals surface area contributed by atoms with Crippen molar-refractivity contribution in [2.75, 3.05) is 39.6 Å². The van der Waals surface area contributed by atoms with Crippen LogP contribution in [-0.2, 0) is 23.7 Å². The molecule has 0 aliphatic heterocycles. The van der Waals surface area contributed by atoms with Gasteiger partial charge >= 0.3 is 5.97 Å². The van der Waals surface area contributed by atoms with Gasteiger partial charge in [-0.05, 0) is 65.0 Å². The summed E-state index contributed by atoms with van der Waals surface area (Å²) in [4.78, 5) is 17.0. The molecule has 0 spiro atoms. The van der Waals surface area contributed by atoms with Crippen LogP contribution in [0.1, 0.15) is 53.4 Å². The molecular formula is C23H40N2O6. The third kappa shape index (κ3) is 11.4. The molecule has 8 nitrogen and oxygen atoms in total. The van der Waals surface area contributed by atoms with Gasteiger partial charge in [0.15, 0.2) is 0 Å². The minimum atomic E-state index is -0.462. The summed E-state index contributed by atoms with van der Waals surface area (Å²) in [6.45, 7) is 10.1. The Morgan fingerprint density at radius 3 is 2.39 bits per heavy atom. The Balaban J connectivity index is 2.44. The van der Waals surface area contributed by atoms with Gasteiger partial charge in [-0.2, -0.15) is 0 Å². The van der Waals surface area contributed by atoms with Crippen LogP contribution in [0.15, 0.2) is 28.4 Å². The zero-order chi connectivity index (χ0) is 23.1. The van der Waals surface area contributed by atoms with E-state index in [1.807, 2.05) is 33.8 Å². The number of hydrogen-bond acceptors (Lipinski definition) is 8. The lowest BCUT2D eigenvalue weighted by molar-refractivity contribution is -0.143. The van der Waals surface area contributed by atoms with E-state index >= 15 is 0 Å². The van der Waals surface area contributed by atoms with Crippen LogP contribution in [0.2, 0.25) is 0 Å². The van der Waals surface area contributed by atoms with Gasteiger partial charge < -0.3 is 29.8 Å². The summed E-state index contributed by atoms with van der Waals surface area (Å²) in [5.41, 5.74) is 7.84. The maximum atomic E-state index is 12.5. The van der Waals surface area contributed by atoms with E-state index in [-0.39, 0.29) is 31.5 Å². The fraction of sp³-hybridized carbons (Fsp3) is 0.739. The molecule has 0 saturated heterocycles. The Morgan fingerprint density at radius 1 is 1.13 bits per heavy atom. The van der Waals surface area contributed by atoms with Crippen LogP contribution >= 0.6 is 0 Å². The molecule has 8 heteroatoms. The number of nitrogens with zero attached hydrogens (tertiary/aromatic N) is 1. The number of carbonyl (C=O) groups is 1. The van der Waals surface area contributed by atoms with Crippen LogP contribution < -0.4 is 5.73 Å². The number of nitrogens with two attached hydrogens (primary N) is 1. The summed E-state index contributed by atoms with van der Waals surface area (Å²) in [7, 11) is 0. The molecule has 0 aromatic carbocycles. The van der Waals surface area contributed by atoms with Gasteiger partial charge in [-0.25, -0.2) is 4.79 Å². The minimum Gasteiger partial charge on any atom is -0.459 e. The molecule has 178 valence electrons. The first-order valence-corrected chi connectivity index (χ1v) is 11.2. The summed E-state index contributed by atoms with van der Waals surface area (Å²) < 4.78 is 22.3. The second-order valence-corrected chi connectivity index (χ2v) is 7.71. The molecule has 31 heavy (non-hydrogen) atoms. The minimum absolute atomic E-state index is 0.0432. The van der Waals surface area contributed by atoms with Gasteiger partial charge in [0.1, 0.15) is 6.61 Å². The molecule has 1 aliphatic carbocycles. The van der Waals surface area contributed by atoms with Gasteiger partial charge in [0, 0.05) is 31.7 Å². The molecule has 0 saturated carbocycles. The standard InChI is InChI=1S/C23H40N2O6/c1-5-28-17(2)14-29-18(3)15-30-19(4)16-31-23(27)22(13-24)20-8-6-9-21(12-20)25-10-7-11-26/h12-13,17-19,26H,5-11,14-16,24H2,1-4H3. The number of rotatable bonds is 15. The fourth-order valence-corrected chi connectivity index (χ4v) is 3.04. The molecule has 3 unspecified atom stereocenters. The van der Waals surface area contributed by atoms with E-state index in [1.165, 1.54) is 6.20 Å². The number of aliphatic hydroxyl groups is 1. The van der Waals surface area contributed by atoms with Crippen molar-refractivity contribution in [3.05, 3.63) is 23.4 Å². The van der Waals surface area contributed by atoms with Crippen LogP contribution in [0.25, 0.3) is 0 Å². The highest BCUT2D eigenvalue weighted by molar-refractivity contribution is 6.01. The summed E-state index contributed by atoms with van der Waals surface area (Å²) in [5.74, 6) is -0.462. The lowest BCUT2D eigenvalue weighted by Crippen LogP contribution is -2.27. The van der Waals surface area contributed by atoms with Crippen LogP contribution in [-0.4, -0.2) is 74.7 Å². The summed E-state index contributed by atoms with van der Waals surface area (Å²) in [6.07, 6.45) is 6.02. The van der Waals surface area contributed by atoms with Crippen molar-refractivity contribution >= 4 is 11.7 Å². The Hall–Kier alpha value is -1.74. The lowest BCUT2D eigenvalue weighted by atomic mass is 9.92. The first-order chi connectivity index (χ1) is 14.9. The number of esters is 1. The van der Waals surface area contributed by atoms with E-state index in [0.717, 1.165) is 30.5 Å². The number of allylic oxidation sites excluding steroid dienone is 1. The molecule has 3 atom stereocenters. The Bertz CT molecular complexity index is 617. The van der Waals surface area contributed by atoms with E-state index in [1.54, 1.807) is 0 Å². The predicted molar refractivity (Wildman–Crippen MR) is 121 cm³/mol. The average Bonchev–Trinajstić information content (AvgIpc) is 2.76. The Kier molecular flexibility index (Phi) is 14.1. The number of aliphatic imine (C=N–C) groups is 1. The molecule has 0 amide bonds. The van der Waals surface area contributed by atoms with Crippen molar-refractivity contribution in [2.45, 2.75) is 71.7 Å². The van der Waals surface area contributed by atoms with Crippen molar-refractivity contribution in [3.63, 3.8) is 0 Å². The highest BCUT2D eigenvalue weighted by Crippen LogP contribution is 2.23. The Labute approximate surface area is 186 Å². The number of ether oxygens (including phenoxy) is 4. The van der Waals surface area contributed by atoms with Crippen LogP contribution in [0.3, 0.4) is 0 Å². The molecule has 1 rings (SSSR count). The molecule has 0 aromatic rings. The number of carbonyl (C=O) groups excluding carboxylic acids is 1. The third-order valence-corrected chi connectivity index (χ3v) is 4.71. The van der Waals surface area contributed by atoms with E-state index in [9.17, 15) is 4.79 Å². The van der Waals surface area contributed by atoms with Gasteiger partial charge in [0.2, 0.25) is 0 Å². The van der Waals surface area contributed by atoms with Gasteiger partial charge in [-0.15, -0.1) is 0 Å². The smallest absolute Gasteiger partial charge is 0.339 e. The molecule has 0 aromatic heterocycles. The average molecular weight is 441 g/mol. The molecule has 1 aliphatic rings. The zero-order valence-electron chi connectivity index (χ0n) is 19.5. The predicted octanol–water partition coefficient (Wildman–Crippen LogP) is 2.54. The fourth-order valence-electron chi connectivity index (χ4n) is 3.04. The lowest BCUT2D eigenvalue weighted by Gasteiger charge is -2.20. The van der Waals surface area contributed by atoms with Crippen LogP contribution in [0.5, 0.6) is 0 Å². The highest BCUT2D eigenvalue weighted by Gasteiger charge is 2.20. The largest absolute Gasteiger partial charge is 0.459 e. The normalized spacial score (nSPS) is 19.1. The number of aliphatic hydroxyl groups excluding tert-OH is 1. The molecule has 0 fully saturated rings. The first-order valence-electron chi connectivity index (χ1n) is 11.2. The molecule has 0 radical (unpaired) electrons. The van der Waals surface area contributed by atoms with E-state index in [0.29, 0.717) is 38.4 Å². The van der Waals surface area contributed by atoms with Gasteiger partial charge in [0.25, 0.3) is 0 Å². The van der Waals surface area contributed by atoms with Crippen molar-refractivity contribution < 1.29 is 28.8 Å². The summed E-state index contributed by atoms with van der Waals surface area (Å²) in [6, 6.07) is 0. The van der Waals surface area contributed by atoms with Crippen LogP contribution in [0.4, 0.5) is 0 Å². The molecular weight excluding hydrogens is 400 g/mol. The molecule has 3 N–H and O–H groups in total. The highest BCUT2D eigenvalue weighted by atomic mass is 16.6. The van der Waals surface area contributed by atoms with E-state index in [4.69, 9.17) is 29.8 Å². The van der Waals surface area contributed by atoms with Gasteiger partial charge in [-0.3, -0.25) is 4.99 Å². The summed E-state index contributed by atoms with van der Waals surface area (Å²) in [5, 5.41) is 8.89. The topological polar surface area (TPSA) is 113 Å². The zero-order valence-corrected chi connectivity index (χ0v) is 19.5. The van der Waals surface area contributed by atoms with Crippen LogP contribution in [0, 0.1) is 0 Å². The van der Waals surface area contributed by atoms with E-state index < -0.39 is 5.97 Å². The maximum absolute atomic E-state index is 12.5. The maximum Gasteiger partial charge on any atom is 0.339 e. The molecule has 0 bridgehead atoms. The first kappa shape index (κ1) is 27.3. The van der Waals surface area contributed by atoms with Crippen molar-refractivity contribution in [1.29, 1.82) is 0 Å². The monoisotopic (exact) mass is 440 g/mol. The SMILES string of the molecule is CCOC(C)COC(C)COC(C)COC(=O)C(=CN)C1=CC(=NCCCO)CCC1. The number of hydrogen-bond donors (Lipinski definition) is 2. The quantitative estimate of drug-likeness (QED) is 0.229. The molecule has 0 heterocycles. The van der Waals surface area contributed by atoms with Crippen molar-refractivity contribution in [1.82, 2.24) is 0 Å². The second kappa shape index (κ2) is 16.0. The van der Waals surface area contributed by atoms with Gasteiger partial charge in [0.05, 0.1) is 37.1 Å².